The predicted molar refractivity (Wildman–Crippen MR) is 55.9 cm³/mol. The number of benzene rings is 1. The Morgan fingerprint density at radius 2 is 2.50 bits per heavy atom. The van der Waals surface area contributed by atoms with E-state index < -0.39 is 0 Å². The van der Waals surface area contributed by atoms with E-state index >= 15 is 0 Å². The Bertz CT molecular complexity index is 254. The maximum absolute atomic E-state index is 4.21. The van der Waals surface area contributed by atoms with Gasteiger partial charge in [-0.1, -0.05) is 25.1 Å². The second-order valence-corrected chi connectivity index (χ2v) is 3.51. The van der Waals surface area contributed by atoms with Crippen LogP contribution in [0.4, 0.5) is 0 Å². The van der Waals surface area contributed by atoms with E-state index in [1.165, 1.54) is 0 Å². The van der Waals surface area contributed by atoms with Crippen molar-refractivity contribution in [2.24, 2.45) is 4.99 Å². The molecule has 0 atom stereocenters. The van der Waals surface area contributed by atoms with Crippen molar-refractivity contribution < 1.29 is 0 Å². The number of aliphatic imine (C=N–C) groups is 1. The minimum absolute atomic E-state index is 1.06. The third kappa shape index (κ3) is 2.38. The molecule has 0 bridgehead atoms. The quantitative estimate of drug-likeness (QED) is 0.501. The summed E-state index contributed by atoms with van der Waals surface area (Å²) in [6, 6.07) is 10.9. The molecule has 0 fully saturated rings. The minimum atomic E-state index is 1.06. The Labute approximate surface area is 77.9 Å². The van der Waals surface area contributed by atoms with Crippen LogP contribution in [0.3, 0.4) is 0 Å². The van der Waals surface area contributed by atoms with E-state index in [0.29, 0.717) is 0 Å². The molecule has 1 aromatic rings. The maximum atomic E-state index is 4.21. The molecular weight excluding hydrogens is 166 g/mol. The van der Waals surface area contributed by atoms with Crippen LogP contribution in [0.25, 0.3) is 0 Å². The van der Waals surface area contributed by atoms with Crippen LogP contribution in [0, 0.1) is 6.07 Å². The summed E-state index contributed by atoms with van der Waals surface area (Å²) < 4.78 is 0. The van der Waals surface area contributed by atoms with Crippen molar-refractivity contribution in [1.82, 2.24) is 0 Å². The Morgan fingerprint density at radius 3 is 3.00 bits per heavy atom. The van der Waals surface area contributed by atoms with E-state index in [1.54, 1.807) is 11.8 Å². The second kappa shape index (κ2) is 4.99. The van der Waals surface area contributed by atoms with Gasteiger partial charge in [-0.05, 0) is 17.9 Å². The molecule has 0 saturated heterocycles. The lowest BCUT2D eigenvalue weighted by molar-refractivity contribution is 1.45. The highest BCUT2D eigenvalue weighted by Crippen LogP contribution is 2.12. The first-order valence-electron chi connectivity index (χ1n) is 3.94. The highest BCUT2D eigenvalue weighted by Gasteiger charge is 1.99. The van der Waals surface area contributed by atoms with Gasteiger partial charge in [0.15, 0.2) is 0 Å². The summed E-state index contributed by atoms with van der Waals surface area (Å²) >= 11 is 1.76. The molecule has 63 valence electrons. The Morgan fingerprint density at radius 1 is 1.67 bits per heavy atom. The van der Waals surface area contributed by atoms with Gasteiger partial charge in [0.05, 0.1) is 5.04 Å². The first-order valence-corrected chi connectivity index (χ1v) is 4.93. The molecule has 0 saturated carbocycles. The molecule has 0 N–H and O–H groups in total. The molecule has 1 rings (SSSR count). The van der Waals surface area contributed by atoms with Crippen LogP contribution in [0.5, 0.6) is 0 Å². The van der Waals surface area contributed by atoms with E-state index in [1.807, 2.05) is 25.2 Å². The van der Waals surface area contributed by atoms with Crippen LogP contribution in [-0.4, -0.2) is 17.8 Å². The van der Waals surface area contributed by atoms with Gasteiger partial charge in [-0.3, -0.25) is 4.99 Å². The lowest BCUT2D eigenvalue weighted by atomic mass is 10.2. The van der Waals surface area contributed by atoms with Gasteiger partial charge < -0.3 is 0 Å². The van der Waals surface area contributed by atoms with Crippen molar-refractivity contribution in [3.05, 3.63) is 35.9 Å². The molecule has 0 aliphatic rings. The van der Waals surface area contributed by atoms with Crippen LogP contribution < -0.4 is 0 Å². The van der Waals surface area contributed by atoms with Crippen molar-refractivity contribution in [3.8, 4) is 0 Å². The predicted octanol–water partition coefficient (Wildman–Crippen LogP) is 2.62. The number of rotatable bonds is 2. The highest BCUT2D eigenvalue weighted by molar-refractivity contribution is 8.14. The second-order valence-electron chi connectivity index (χ2n) is 2.25. The van der Waals surface area contributed by atoms with E-state index in [2.05, 4.69) is 24.0 Å². The van der Waals surface area contributed by atoms with Gasteiger partial charge in [-0.2, -0.15) is 0 Å². The normalized spacial score (nSPS) is 11.7. The fraction of sp³-hybridized carbons (Fsp3) is 0.300. The molecule has 0 aliphatic carbocycles. The smallest absolute Gasteiger partial charge is 0.0973 e. The van der Waals surface area contributed by atoms with Crippen LogP contribution in [0.15, 0.2) is 29.3 Å². The first-order chi connectivity index (χ1) is 5.88. The molecule has 0 unspecified atom stereocenters. The molecule has 12 heavy (non-hydrogen) atoms. The fourth-order valence-electron chi connectivity index (χ4n) is 0.940. The largest absolute Gasteiger partial charge is 0.281 e. The Balaban J connectivity index is 2.82. The van der Waals surface area contributed by atoms with Crippen LogP contribution in [0.1, 0.15) is 12.5 Å². The number of hydrogen-bond acceptors (Lipinski definition) is 2. The minimum Gasteiger partial charge on any atom is -0.281 e. The summed E-state index contributed by atoms with van der Waals surface area (Å²) in [4.78, 5) is 4.21. The van der Waals surface area contributed by atoms with Crippen molar-refractivity contribution in [1.29, 1.82) is 0 Å². The molecule has 0 amide bonds. The van der Waals surface area contributed by atoms with Gasteiger partial charge in [-0.25, -0.2) is 0 Å². The molecule has 1 aromatic carbocycles. The highest BCUT2D eigenvalue weighted by atomic mass is 32.2. The average molecular weight is 178 g/mol. The molecule has 0 aliphatic heterocycles. The summed E-state index contributed by atoms with van der Waals surface area (Å²) in [5.74, 6) is 1.06. The first kappa shape index (κ1) is 9.33. The SMILES string of the molecule is CCSC(=NC)c1c[c]ccc1. The van der Waals surface area contributed by atoms with E-state index in [9.17, 15) is 0 Å². The zero-order valence-electron chi connectivity index (χ0n) is 7.37. The van der Waals surface area contributed by atoms with Crippen molar-refractivity contribution in [3.63, 3.8) is 0 Å². The molecule has 2 heteroatoms. The summed E-state index contributed by atoms with van der Waals surface area (Å²) in [7, 11) is 1.82. The van der Waals surface area contributed by atoms with Gasteiger partial charge in [0.2, 0.25) is 0 Å². The number of hydrogen-bond donors (Lipinski definition) is 0. The standard InChI is InChI=1S/C10H12NS/c1-3-12-10(11-2)9-7-5-4-6-8-9/h4-5,7-8H,3H2,1-2H3. The van der Waals surface area contributed by atoms with Gasteiger partial charge >= 0.3 is 0 Å². The summed E-state index contributed by atoms with van der Waals surface area (Å²) in [6.45, 7) is 2.13. The third-order valence-corrected chi connectivity index (χ3v) is 2.42. The number of thioether (sulfide) groups is 1. The van der Waals surface area contributed by atoms with Gasteiger partial charge in [0, 0.05) is 12.6 Å². The van der Waals surface area contributed by atoms with E-state index in [0.717, 1.165) is 16.4 Å². The van der Waals surface area contributed by atoms with Crippen molar-refractivity contribution >= 4 is 16.8 Å². The van der Waals surface area contributed by atoms with Gasteiger partial charge in [-0.15, -0.1) is 11.8 Å². The van der Waals surface area contributed by atoms with Crippen molar-refractivity contribution in [2.45, 2.75) is 6.92 Å². The fourth-order valence-corrected chi connectivity index (χ4v) is 1.64. The van der Waals surface area contributed by atoms with Crippen LogP contribution >= 0.6 is 11.8 Å². The molecule has 0 aromatic heterocycles. The van der Waals surface area contributed by atoms with E-state index in [4.69, 9.17) is 0 Å². The van der Waals surface area contributed by atoms with Gasteiger partial charge in [0.1, 0.15) is 0 Å². The Kier molecular flexibility index (Phi) is 3.88. The third-order valence-electron chi connectivity index (χ3n) is 1.44. The average Bonchev–Trinajstić information content (AvgIpc) is 2.15. The zero-order chi connectivity index (χ0) is 8.81. The topological polar surface area (TPSA) is 12.4 Å². The van der Waals surface area contributed by atoms with Gasteiger partial charge in [0.25, 0.3) is 0 Å². The summed E-state index contributed by atoms with van der Waals surface area (Å²) in [6.07, 6.45) is 0. The monoisotopic (exact) mass is 178 g/mol. The Hall–Kier alpha value is -0.760. The molecule has 1 nitrogen and oxygen atoms in total. The molecular formula is C10H12NS. The molecule has 1 radical (unpaired) electrons. The van der Waals surface area contributed by atoms with Crippen molar-refractivity contribution in [2.75, 3.05) is 12.8 Å². The molecule has 0 heterocycles. The molecule has 0 spiro atoms. The summed E-state index contributed by atoms with van der Waals surface area (Å²) in [5, 5.41) is 1.09. The van der Waals surface area contributed by atoms with Crippen LogP contribution in [-0.2, 0) is 0 Å². The summed E-state index contributed by atoms with van der Waals surface area (Å²) in [5.41, 5.74) is 1.16. The lowest BCUT2D eigenvalue weighted by Crippen LogP contribution is -1.94. The lowest BCUT2D eigenvalue weighted by Gasteiger charge is -2.01. The van der Waals surface area contributed by atoms with Crippen LogP contribution in [0.2, 0.25) is 0 Å². The maximum Gasteiger partial charge on any atom is 0.0973 e. The van der Waals surface area contributed by atoms with E-state index in [-0.39, 0.29) is 0 Å². The number of nitrogens with zero attached hydrogens (tertiary/aromatic N) is 1. The zero-order valence-corrected chi connectivity index (χ0v) is 8.19.